The first-order valence-corrected chi connectivity index (χ1v) is 5.76. The molecule has 3 rings (SSSR count). The molecular formula is C15H11N3. The van der Waals surface area contributed by atoms with E-state index in [1.165, 1.54) is 16.3 Å². The predicted octanol–water partition coefficient (Wildman–Crippen LogP) is 2.96. The maximum atomic E-state index is 8.97. The van der Waals surface area contributed by atoms with Crippen molar-refractivity contribution in [3.05, 3.63) is 66.2 Å². The van der Waals surface area contributed by atoms with Crippen LogP contribution >= 0.6 is 0 Å². The molecule has 3 nitrogen and oxygen atoms in total. The summed E-state index contributed by atoms with van der Waals surface area (Å²) >= 11 is 0. The standard InChI is InChI=1S/C15H11N3/c16-10-15-17-8-9-18(15)11-13-6-3-5-12-4-1-2-7-14(12)13/h1-9H,11H2. The van der Waals surface area contributed by atoms with Crippen LogP contribution in [-0.4, -0.2) is 9.55 Å². The number of fused-ring (bicyclic) bond motifs is 1. The van der Waals surface area contributed by atoms with Crippen LogP contribution in [0.1, 0.15) is 11.4 Å². The van der Waals surface area contributed by atoms with E-state index in [-0.39, 0.29) is 0 Å². The lowest BCUT2D eigenvalue weighted by Crippen LogP contribution is -2.01. The predicted molar refractivity (Wildman–Crippen MR) is 70.0 cm³/mol. The topological polar surface area (TPSA) is 41.6 Å². The van der Waals surface area contributed by atoms with Crippen molar-refractivity contribution in [3.8, 4) is 6.07 Å². The highest BCUT2D eigenvalue weighted by atomic mass is 15.1. The molecule has 0 atom stereocenters. The Morgan fingerprint density at radius 2 is 1.94 bits per heavy atom. The van der Waals surface area contributed by atoms with Crippen LogP contribution in [0.2, 0.25) is 0 Å². The van der Waals surface area contributed by atoms with Gasteiger partial charge < -0.3 is 4.57 Å². The summed E-state index contributed by atoms with van der Waals surface area (Å²) in [5, 5.41) is 11.4. The first kappa shape index (κ1) is 10.5. The van der Waals surface area contributed by atoms with E-state index >= 15 is 0 Å². The second-order valence-electron chi connectivity index (χ2n) is 4.13. The van der Waals surface area contributed by atoms with E-state index in [0.717, 1.165) is 0 Å². The van der Waals surface area contributed by atoms with Crippen molar-refractivity contribution in [1.29, 1.82) is 5.26 Å². The first-order valence-electron chi connectivity index (χ1n) is 5.76. The molecule has 0 saturated heterocycles. The van der Waals surface area contributed by atoms with Gasteiger partial charge in [-0.05, 0) is 16.3 Å². The Kier molecular flexibility index (Phi) is 2.54. The highest BCUT2D eigenvalue weighted by Crippen LogP contribution is 2.19. The molecule has 0 N–H and O–H groups in total. The van der Waals surface area contributed by atoms with Crippen molar-refractivity contribution in [1.82, 2.24) is 9.55 Å². The monoisotopic (exact) mass is 233 g/mol. The zero-order valence-electron chi connectivity index (χ0n) is 9.74. The van der Waals surface area contributed by atoms with Gasteiger partial charge in [0, 0.05) is 12.4 Å². The van der Waals surface area contributed by atoms with Crippen LogP contribution in [-0.2, 0) is 6.54 Å². The third-order valence-corrected chi connectivity index (χ3v) is 3.04. The molecule has 3 aromatic rings. The normalized spacial score (nSPS) is 10.4. The summed E-state index contributed by atoms with van der Waals surface area (Å²) in [5.41, 5.74) is 1.20. The van der Waals surface area contributed by atoms with Gasteiger partial charge >= 0.3 is 0 Å². The number of hydrogen-bond donors (Lipinski definition) is 0. The molecule has 2 aromatic carbocycles. The molecule has 0 radical (unpaired) electrons. The van der Waals surface area contributed by atoms with Crippen molar-refractivity contribution in [2.24, 2.45) is 0 Å². The van der Waals surface area contributed by atoms with Gasteiger partial charge in [0.15, 0.2) is 0 Å². The van der Waals surface area contributed by atoms with E-state index in [0.29, 0.717) is 12.4 Å². The van der Waals surface area contributed by atoms with E-state index in [1.54, 1.807) is 6.20 Å². The number of rotatable bonds is 2. The summed E-state index contributed by atoms with van der Waals surface area (Å²) in [6.07, 6.45) is 3.49. The molecule has 86 valence electrons. The summed E-state index contributed by atoms with van der Waals surface area (Å²) in [4.78, 5) is 4.01. The first-order chi connectivity index (χ1) is 8.88. The van der Waals surface area contributed by atoms with Gasteiger partial charge in [0.25, 0.3) is 0 Å². The van der Waals surface area contributed by atoms with Crippen molar-refractivity contribution < 1.29 is 0 Å². The van der Waals surface area contributed by atoms with Crippen LogP contribution in [0, 0.1) is 11.3 Å². The van der Waals surface area contributed by atoms with Crippen LogP contribution in [0.5, 0.6) is 0 Å². The minimum Gasteiger partial charge on any atom is -0.318 e. The maximum absolute atomic E-state index is 8.97. The van der Waals surface area contributed by atoms with Crippen LogP contribution in [0.4, 0.5) is 0 Å². The number of hydrogen-bond acceptors (Lipinski definition) is 2. The van der Waals surface area contributed by atoms with Gasteiger partial charge in [-0.3, -0.25) is 0 Å². The zero-order chi connectivity index (χ0) is 12.4. The number of benzene rings is 2. The Hall–Kier alpha value is -2.60. The second kappa shape index (κ2) is 4.34. The Morgan fingerprint density at radius 1 is 1.11 bits per heavy atom. The highest BCUT2D eigenvalue weighted by Gasteiger charge is 2.04. The van der Waals surface area contributed by atoms with Crippen LogP contribution in [0.25, 0.3) is 10.8 Å². The lowest BCUT2D eigenvalue weighted by molar-refractivity contribution is 0.787. The molecule has 0 amide bonds. The quantitative estimate of drug-likeness (QED) is 0.682. The van der Waals surface area contributed by atoms with Crippen molar-refractivity contribution in [2.45, 2.75) is 6.54 Å². The Labute approximate surface area is 105 Å². The van der Waals surface area contributed by atoms with E-state index in [2.05, 4.69) is 35.3 Å². The van der Waals surface area contributed by atoms with Gasteiger partial charge in [-0.2, -0.15) is 5.26 Å². The largest absolute Gasteiger partial charge is 0.318 e. The lowest BCUT2D eigenvalue weighted by atomic mass is 10.0. The number of imidazole rings is 1. The second-order valence-corrected chi connectivity index (χ2v) is 4.13. The average molecular weight is 233 g/mol. The van der Waals surface area contributed by atoms with Gasteiger partial charge in [0.1, 0.15) is 6.07 Å². The van der Waals surface area contributed by atoms with Crippen molar-refractivity contribution in [2.75, 3.05) is 0 Å². The van der Waals surface area contributed by atoms with Crippen LogP contribution in [0.15, 0.2) is 54.9 Å². The fourth-order valence-corrected chi connectivity index (χ4v) is 2.16. The number of aromatic nitrogens is 2. The molecule has 0 aliphatic rings. The molecule has 0 aliphatic heterocycles. The molecule has 0 fully saturated rings. The van der Waals surface area contributed by atoms with Gasteiger partial charge in [0.05, 0.1) is 6.54 Å². The number of nitrogens with zero attached hydrogens (tertiary/aromatic N) is 3. The molecule has 1 aromatic heterocycles. The summed E-state index contributed by atoms with van der Waals surface area (Å²) in [5.74, 6) is 0.447. The van der Waals surface area contributed by atoms with Crippen molar-refractivity contribution >= 4 is 10.8 Å². The fraction of sp³-hybridized carbons (Fsp3) is 0.0667. The summed E-state index contributed by atoms with van der Waals surface area (Å²) in [6, 6.07) is 16.6. The third-order valence-electron chi connectivity index (χ3n) is 3.04. The van der Waals surface area contributed by atoms with Crippen LogP contribution in [0.3, 0.4) is 0 Å². The third kappa shape index (κ3) is 1.74. The minimum atomic E-state index is 0.447. The molecule has 0 aliphatic carbocycles. The Balaban J connectivity index is 2.08. The molecule has 18 heavy (non-hydrogen) atoms. The molecule has 0 saturated carbocycles. The Bertz CT molecular complexity index is 729. The highest BCUT2D eigenvalue weighted by molar-refractivity contribution is 5.85. The fourth-order valence-electron chi connectivity index (χ4n) is 2.16. The maximum Gasteiger partial charge on any atom is 0.213 e. The molecule has 1 heterocycles. The zero-order valence-corrected chi connectivity index (χ0v) is 9.74. The van der Waals surface area contributed by atoms with E-state index < -0.39 is 0 Å². The smallest absolute Gasteiger partial charge is 0.213 e. The molecule has 0 bridgehead atoms. The van der Waals surface area contributed by atoms with E-state index in [9.17, 15) is 0 Å². The summed E-state index contributed by atoms with van der Waals surface area (Å²) in [6.45, 7) is 0.671. The Morgan fingerprint density at radius 3 is 2.83 bits per heavy atom. The minimum absolute atomic E-state index is 0.447. The van der Waals surface area contributed by atoms with E-state index in [1.807, 2.05) is 29.0 Å². The van der Waals surface area contributed by atoms with Gasteiger partial charge in [-0.15, -0.1) is 0 Å². The van der Waals surface area contributed by atoms with E-state index in [4.69, 9.17) is 5.26 Å². The van der Waals surface area contributed by atoms with Crippen molar-refractivity contribution in [3.63, 3.8) is 0 Å². The summed E-state index contributed by atoms with van der Waals surface area (Å²) in [7, 11) is 0. The average Bonchev–Trinajstić information content (AvgIpc) is 2.86. The molecule has 0 unspecified atom stereocenters. The number of nitriles is 1. The SMILES string of the molecule is N#Cc1nccn1Cc1cccc2ccccc12. The molecule has 0 spiro atoms. The molecular weight excluding hydrogens is 222 g/mol. The lowest BCUT2D eigenvalue weighted by Gasteiger charge is -2.07. The van der Waals surface area contributed by atoms with Gasteiger partial charge in [-0.25, -0.2) is 4.98 Å². The molecule has 3 heteroatoms. The van der Waals surface area contributed by atoms with Gasteiger partial charge in [-0.1, -0.05) is 42.5 Å². The summed E-state index contributed by atoms with van der Waals surface area (Å²) < 4.78 is 1.86. The van der Waals surface area contributed by atoms with Gasteiger partial charge in [0.2, 0.25) is 5.82 Å². The van der Waals surface area contributed by atoms with Crippen LogP contribution < -0.4 is 0 Å².